The first-order valence-corrected chi connectivity index (χ1v) is 11.4. The molecule has 4 unspecified atom stereocenters. The lowest BCUT2D eigenvalue weighted by atomic mass is 10.0. The number of aliphatic carboxylic acids is 2. The molecule has 4 amide bonds. The van der Waals surface area contributed by atoms with Crippen LogP contribution in [0.1, 0.15) is 37.7 Å². The van der Waals surface area contributed by atoms with Crippen LogP contribution in [0.3, 0.4) is 0 Å². The van der Waals surface area contributed by atoms with Gasteiger partial charge in [0, 0.05) is 19.4 Å². The number of amides is 4. The maximum Gasteiger partial charge on any atom is 0.326 e. The van der Waals surface area contributed by atoms with Gasteiger partial charge in [-0.05, 0) is 24.8 Å². The van der Waals surface area contributed by atoms with Crippen LogP contribution in [0.4, 0.5) is 0 Å². The smallest absolute Gasteiger partial charge is 0.326 e. The van der Waals surface area contributed by atoms with E-state index < -0.39 is 72.6 Å². The molecule has 1 aliphatic rings. The highest BCUT2D eigenvalue weighted by Crippen LogP contribution is 2.19. The first kappa shape index (κ1) is 28.2. The number of carboxylic acid groups (broad SMARTS) is 2. The fourth-order valence-corrected chi connectivity index (χ4v) is 3.95. The quantitative estimate of drug-likeness (QED) is 0.180. The molecule has 0 radical (unpaired) electrons. The van der Waals surface area contributed by atoms with E-state index in [0.29, 0.717) is 12.0 Å². The number of primary amides is 1. The number of carboxylic acids is 2. The lowest BCUT2D eigenvalue weighted by Crippen LogP contribution is -2.57. The predicted molar refractivity (Wildman–Crippen MR) is 125 cm³/mol. The lowest BCUT2D eigenvalue weighted by molar-refractivity contribution is -0.143. The third-order valence-corrected chi connectivity index (χ3v) is 5.75. The maximum atomic E-state index is 13.0. The molecule has 4 atom stereocenters. The van der Waals surface area contributed by atoms with Gasteiger partial charge in [-0.25, -0.2) is 4.79 Å². The van der Waals surface area contributed by atoms with Crippen molar-refractivity contribution >= 4 is 35.6 Å². The van der Waals surface area contributed by atoms with Crippen LogP contribution in [0, 0.1) is 0 Å². The van der Waals surface area contributed by atoms with Crippen molar-refractivity contribution in [2.45, 2.75) is 62.7 Å². The van der Waals surface area contributed by atoms with Gasteiger partial charge in [-0.3, -0.25) is 24.0 Å². The molecule has 196 valence electrons. The van der Waals surface area contributed by atoms with E-state index in [9.17, 15) is 33.9 Å². The summed E-state index contributed by atoms with van der Waals surface area (Å²) in [5.41, 5.74) is 11.5. The molecule has 13 nitrogen and oxygen atoms in total. The molecule has 0 spiro atoms. The van der Waals surface area contributed by atoms with Gasteiger partial charge in [0.1, 0.15) is 18.1 Å². The molecule has 1 aromatic carbocycles. The van der Waals surface area contributed by atoms with E-state index in [1.807, 2.05) is 0 Å². The number of nitrogens with one attached hydrogen (secondary N) is 2. The Labute approximate surface area is 207 Å². The number of nitrogens with zero attached hydrogens (tertiary/aromatic N) is 1. The van der Waals surface area contributed by atoms with Crippen molar-refractivity contribution in [2.75, 3.05) is 6.54 Å². The number of carbonyl (C=O) groups excluding carboxylic acids is 4. The van der Waals surface area contributed by atoms with Crippen LogP contribution in [-0.2, 0) is 35.2 Å². The standard InChI is InChI=1S/C23H31N5O8/c24-14(12-18(25)29)22(34)28-10-4-7-17(28)21(33)26-15(8-9-19(30)31)20(32)27-16(23(35)36)11-13-5-2-1-3-6-13/h1-3,5-6,14-17H,4,7-12,24H2,(H2,25,29)(H,26,33)(H,27,32)(H,30,31)(H,35,36). The van der Waals surface area contributed by atoms with Gasteiger partial charge < -0.3 is 37.2 Å². The number of hydrogen-bond donors (Lipinski definition) is 6. The summed E-state index contributed by atoms with van der Waals surface area (Å²) in [4.78, 5) is 73.7. The topological polar surface area (TPSA) is 222 Å². The van der Waals surface area contributed by atoms with E-state index >= 15 is 0 Å². The van der Waals surface area contributed by atoms with E-state index in [-0.39, 0.29) is 25.8 Å². The molecule has 2 rings (SSSR count). The Balaban J connectivity index is 2.13. The Morgan fingerprint density at radius 3 is 2.28 bits per heavy atom. The predicted octanol–water partition coefficient (Wildman–Crippen LogP) is -1.66. The molecule has 36 heavy (non-hydrogen) atoms. The third-order valence-electron chi connectivity index (χ3n) is 5.75. The van der Waals surface area contributed by atoms with Gasteiger partial charge in [-0.2, -0.15) is 0 Å². The van der Waals surface area contributed by atoms with Gasteiger partial charge >= 0.3 is 11.9 Å². The Hall–Kier alpha value is -4.00. The second-order valence-corrected chi connectivity index (χ2v) is 8.55. The van der Waals surface area contributed by atoms with Crippen LogP contribution in [0.5, 0.6) is 0 Å². The molecule has 0 aromatic heterocycles. The minimum absolute atomic E-state index is 0.0236. The Morgan fingerprint density at radius 2 is 1.69 bits per heavy atom. The first-order chi connectivity index (χ1) is 17.0. The monoisotopic (exact) mass is 505 g/mol. The molecule has 0 aliphatic carbocycles. The van der Waals surface area contributed by atoms with E-state index in [4.69, 9.17) is 16.6 Å². The van der Waals surface area contributed by atoms with Crippen molar-refractivity contribution in [3.63, 3.8) is 0 Å². The zero-order valence-electron chi connectivity index (χ0n) is 19.6. The zero-order valence-corrected chi connectivity index (χ0v) is 19.6. The number of nitrogens with two attached hydrogens (primary N) is 2. The average molecular weight is 506 g/mol. The third kappa shape index (κ3) is 8.34. The Bertz CT molecular complexity index is 986. The summed E-state index contributed by atoms with van der Waals surface area (Å²) < 4.78 is 0. The molecule has 1 fully saturated rings. The van der Waals surface area contributed by atoms with Gasteiger partial charge in [0.2, 0.25) is 23.6 Å². The van der Waals surface area contributed by atoms with Crippen molar-refractivity contribution in [3.05, 3.63) is 35.9 Å². The second kappa shape index (κ2) is 13.2. The summed E-state index contributed by atoms with van der Waals surface area (Å²) in [5.74, 6) is -5.51. The van der Waals surface area contributed by atoms with Crippen LogP contribution in [0.25, 0.3) is 0 Å². The summed E-state index contributed by atoms with van der Waals surface area (Å²) in [6.45, 7) is 0.202. The number of hydrogen-bond acceptors (Lipinski definition) is 7. The number of carbonyl (C=O) groups is 6. The lowest BCUT2D eigenvalue weighted by Gasteiger charge is -2.28. The minimum Gasteiger partial charge on any atom is -0.481 e. The normalized spacial score (nSPS) is 17.5. The molecule has 13 heteroatoms. The van der Waals surface area contributed by atoms with Crippen LogP contribution < -0.4 is 22.1 Å². The van der Waals surface area contributed by atoms with Crippen molar-refractivity contribution in [1.29, 1.82) is 0 Å². The van der Waals surface area contributed by atoms with Crippen LogP contribution in [0.15, 0.2) is 30.3 Å². The summed E-state index contributed by atoms with van der Waals surface area (Å²) >= 11 is 0. The Kier molecular flexibility index (Phi) is 10.3. The molecule has 1 aromatic rings. The molecule has 1 heterocycles. The molecule has 0 bridgehead atoms. The summed E-state index contributed by atoms with van der Waals surface area (Å²) in [5, 5.41) is 23.4. The summed E-state index contributed by atoms with van der Waals surface area (Å²) in [7, 11) is 0. The average Bonchev–Trinajstić information content (AvgIpc) is 3.30. The highest BCUT2D eigenvalue weighted by atomic mass is 16.4. The van der Waals surface area contributed by atoms with Gasteiger partial charge in [-0.1, -0.05) is 30.3 Å². The summed E-state index contributed by atoms with van der Waals surface area (Å²) in [6.07, 6.45) is -0.454. The van der Waals surface area contributed by atoms with Crippen molar-refractivity contribution in [1.82, 2.24) is 15.5 Å². The van der Waals surface area contributed by atoms with Crippen LogP contribution in [0.2, 0.25) is 0 Å². The highest BCUT2D eigenvalue weighted by molar-refractivity contribution is 5.95. The summed E-state index contributed by atoms with van der Waals surface area (Å²) in [6, 6.07) is 3.69. The van der Waals surface area contributed by atoms with Gasteiger partial charge in [0.15, 0.2) is 0 Å². The van der Waals surface area contributed by atoms with E-state index in [1.165, 1.54) is 4.90 Å². The largest absolute Gasteiger partial charge is 0.481 e. The van der Waals surface area contributed by atoms with Crippen molar-refractivity contribution in [2.24, 2.45) is 11.5 Å². The zero-order chi connectivity index (χ0) is 26.8. The number of benzene rings is 1. The molecule has 8 N–H and O–H groups in total. The first-order valence-electron chi connectivity index (χ1n) is 11.4. The van der Waals surface area contributed by atoms with Crippen LogP contribution in [-0.4, -0.2) is 81.4 Å². The molecule has 1 aliphatic heterocycles. The number of likely N-dealkylation sites (tertiary alicyclic amines) is 1. The van der Waals surface area contributed by atoms with Crippen molar-refractivity contribution in [3.8, 4) is 0 Å². The number of rotatable bonds is 13. The SMILES string of the molecule is NC(=O)CC(N)C(=O)N1CCCC1C(=O)NC(CCC(=O)O)C(=O)NC(Cc1ccccc1)C(=O)O. The van der Waals surface area contributed by atoms with Crippen molar-refractivity contribution < 1.29 is 39.0 Å². The van der Waals surface area contributed by atoms with Gasteiger partial charge in [0.05, 0.1) is 12.5 Å². The molecule has 1 saturated heterocycles. The molecule has 0 saturated carbocycles. The Morgan fingerprint density at radius 1 is 1.03 bits per heavy atom. The van der Waals surface area contributed by atoms with E-state index in [2.05, 4.69) is 10.6 Å². The van der Waals surface area contributed by atoms with E-state index in [1.54, 1.807) is 30.3 Å². The van der Waals surface area contributed by atoms with E-state index in [0.717, 1.165) is 0 Å². The highest BCUT2D eigenvalue weighted by Gasteiger charge is 2.38. The fraction of sp³-hybridized carbons (Fsp3) is 0.478. The van der Waals surface area contributed by atoms with Crippen LogP contribution >= 0.6 is 0 Å². The molecular weight excluding hydrogens is 474 g/mol. The fourth-order valence-electron chi connectivity index (χ4n) is 3.95. The maximum absolute atomic E-state index is 13.0. The second-order valence-electron chi connectivity index (χ2n) is 8.55. The van der Waals surface area contributed by atoms with Gasteiger partial charge in [0.25, 0.3) is 0 Å². The minimum atomic E-state index is -1.36. The molecular formula is C23H31N5O8. The van der Waals surface area contributed by atoms with Gasteiger partial charge in [-0.15, -0.1) is 0 Å².